The Bertz CT molecular complexity index is 1050. The van der Waals surface area contributed by atoms with Crippen molar-refractivity contribution in [2.75, 3.05) is 32.6 Å². The summed E-state index contributed by atoms with van der Waals surface area (Å²) >= 11 is 0. The van der Waals surface area contributed by atoms with Crippen LogP contribution in [-0.4, -0.2) is 49.0 Å². The van der Waals surface area contributed by atoms with E-state index >= 15 is 0 Å². The van der Waals surface area contributed by atoms with E-state index in [9.17, 15) is 9.59 Å². The third-order valence-corrected chi connectivity index (χ3v) is 5.08. The molecule has 1 aromatic heterocycles. The van der Waals surface area contributed by atoms with Crippen LogP contribution in [-0.2, 0) is 11.2 Å². The van der Waals surface area contributed by atoms with E-state index in [0.29, 0.717) is 35.8 Å². The fourth-order valence-corrected chi connectivity index (χ4v) is 3.52. The van der Waals surface area contributed by atoms with Gasteiger partial charge in [0.1, 0.15) is 0 Å². The number of hydrogen-bond donors (Lipinski definition) is 2. The van der Waals surface area contributed by atoms with Crippen LogP contribution in [0.25, 0.3) is 10.9 Å². The largest absolute Gasteiger partial charge is 0.493 e. The quantitative estimate of drug-likeness (QED) is 0.592. The molecule has 7 heteroatoms. The van der Waals surface area contributed by atoms with Crippen LogP contribution in [0.5, 0.6) is 11.5 Å². The molecule has 0 saturated heterocycles. The topological polar surface area (TPSA) is 83.7 Å². The SMILES string of the molecule is CCN(CC)C(=O)c1cc(NC(=O)Cc2c[nH]c3ccccc23)c(OC)c(OC)c1. The molecule has 1 heterocycles. The lowest BCUT2D eigenvalue weighted by Gasteiger charge is -2.21. The third kappa shape index (κ3) is 4.25. The van der Waals surface area contributed by atoms with Gasteiger partial charge in [0, 0.05) is 35.8 Å². The zero-order chi connectivity index (χ0) is 21.7. The zero-order valence-electron chi connectivity index (χ0n) is 17.7. The van der Waals surface area contributed by atoms with E-state index < -0.39 is 0 Å². The van der Waals surface area contributed by atoms with Gasteiger partial charge in [0.25, 0.3) is 5.91 Å². The molecule has 2 N–H and O–H groups in total. The van der Waals surface area contributed by atoms with Crippen molar-refractivity contribution in [3.63, 3.8) is 0 Å². The van der Waals surface area contributed by atoms with Gasteiger partial charge < -0.3 is 24.7 Å². The van der Waals surface area contributed by atoms with Crippen molar-refractivity contribution < 1.29 is 19.1 Å². The van der Waals surface area contributed by atoms with Crippen molar-refractivity contribution in [2.24, 2.45) is 0 Å². The Morgan fingerprint density at radius 1 is 1.07 bits per heavy atom. The molecule has 30 heavy (non-hydrogen) atoms. The smallest absolute Gasteiger partial charge is 0.254 e. The lowest BCUT2D eigenvalue weighted by Crippen LogP contribution is -2.30. The van der Waals surface area contributed by atoms with E-state index in [1.165, 1.54) is 14.2 Å². The minimum atomic E-state index is -0.215. The van der Waals surface area contributed by atoms with E-state index in [4.69, 9.17) is 9.47 Å². The number of aromatic amines is 1. The summed E-state index contributed by atoms with van der Waals surface area (Å²) in [7, 11) is 3.00. The van der Waals surface area contributed by atoms with Gasteiger partial charge in [0.15, 0.2) is 11.5 Å². The molecule has 0 saturated carbocycles. The van der Waals surface area contributed by atoms with Crippen LogP contribution in [0, 0.1) is 0 Å². The summed E-state index contributed by atoms with van der Waals surface area (Å²) in [4.78, 5) is 30.5. The molecule has 2 aromatic carbocycles. The standard InChI is InChI=1S/C23H27N3O4/c1-5-26(6-2)23(28)15-11-19(22(30-4)20(12-15)29-3)25-21(27)13-16-14-24-18-10-8-7-9-17(16)18/h7-12,14,24H,5-6,13H2,1-4H3,(H,25,27). The van der Waals surface area contributed by atoms with E-state index in [1.54, 1.807) is 17.0 Å². The average Bonchev–Trinajstić information content (AvgIpc) is 3.16. The Labute approximate surface area is 176 Å². The average molecular weight is 409 g/mol. The molecule has 0 fully saturated rings. The number of benzene rings is 2. The zero-order valence-corrected chi connectivity index (χ0v) is 17.7. The molecular weight excluding hydrogens is 382 g/mol. The van der Waals surface area contributed by atoms with Gasteiger partial charge in [-0.1, -0.05) is 18.2 Å². The number of fused-ring (bicyclic) bond motifs is 1. The highest BCUT2D eigenvalue weighted by atomic mass is 16.5. The molecule has 0 radical (unpaired) electrons. The molecule has 3 aromatic rings. The lowest BCUT2D eigenvalue weighted by molar-refractivity contribution is -0.115. The summed E-state index contributed by atoms with van der Waals surface area (Å²) in [6.07, 6.45) is 2.02. The first kappa shape index (κ1) is 21.2. The van der Waals surface area contributed by atoms with Crippen LogP contribution in [0.3, 0.4) is 0 Å². The predicted molar refractivity (Wildman–Crippen MR) is 117 cm³/mol. The fourth-order valence-electron chi connectivity index (χ4n) is 3.52. The molecular formula is C23H27N3O4. The highest BCUT2D eigenvalue weighted by Crippen LogP contribution is 2.37. The van der Waals surface area contributed by atoms with Gasteiger partial charge in [0.2, 0.25) is 5.91 Å². The maximum Gasteiger partial charge on any atom is 0.254 e. The first-order valence-corrected chi connectivity index (χ1v) is 9.92. The Morgan fingerprint density at radius 3 is 2.47 bits per heavy atom. The molecule has 158 valence electrons. The van der Waals surface area contributed by atoms with Gasteiger partial charge in [-0.3, -0.25) is 9.59 Å². The Morgan fingerprint density at radius 2 is 1.80 bits per heavy atom. The van der Waals surface area contributed by atoms with Crippen molar-refractivity contribution in [3.8, 4) is 11.5 Å². The van der Waals surface area contributed by atoms with Crippen molar-refractivity contribution in [3.05, 3.63) is 53.7 Å². The number of carbonyl (C=O) groups excluding carboxylic acids is 2. The highest BCUT2D eigenvalue weighted by molar-refractivity contribution is 6.00. The van der Waals surface area contributed by atoms with Crippen molar-refractivity contribution in [1.82, 2.24) is 9.88 Å². The normalized spacial score (nSPS) is 10.7. The number of carbonyl (C=O) groups is 2. The summed E-state index contributed by atoms with van der Waals surface area (Å²) < 4.78 is 10.9. The van der Waals surface area contributed by atoms with Crippen molar-refractivity contribution in [2.45, 2.75) is 20.3 Å². The maximum absolute atomic E-state index is 12.8. The number of nitrogens with zero attached hydrogens (tertiary/aromatic N) is 1. The summed E-state index contributed by atoms with van der Waals surface area (Å²) in [5.41, 5.74) is 2.70. The first-order valence-electron chi connectivity index (χ1n) is 9.92. The van der Waals surface area contributed by atoms with Crippen LogP contribution in [0.4, 0.5) is 5.69 Å². The Hall–Kier alpha value is -3.48. The molecule has 3 rings (SSSR count). The van der Waals surface area contributed by atoms with Gasteiger partial charge in [-0.15, -0.1) is 0 Å². The van der Waals surface area contributed by atoms with Gasteiger partial charge >= 0.3 is 0 Å². The molecule has 0 aliphatic heterocycles. The van der Waals surface area contributed by atoms with Gasteiger partial charge in [0.05, 0.1) is 26.3 Å². The molecule has 0 unspecified atom stereocenters. The molecule has 0 atom stereocenters. The Kier molecular flexibility index (Phi) is 6.61. The summed E-state index contributed by atoms with van der Waals surface area (Å²) in [6, 6.07) is 11.1. The van der Waals surface area contributed by atoms with E-state index in [-0.39, 0.29) is 18.2 Å². The summed E-state index contributed by atoms with van der Waals surface area (Å²) in [5, 5.41) is 3.88. The first-order chi connectivity index (χ1) is 14.5. The summed E-state index contributed by atoms with van der Waals surface area (Å²) in [6.45, 7) is 5.02. The summed E-state index contributed by atoms with van der Waals surface area (Å²) in [5.74, 6) is 0.416. The molecule has 0 bridgehead atoms. The van der Waals surface area contributed by atoms with Gasteiger partial charge in [-0.2, -0.15) is 0 Å². The van der Waals surface area contributed by atoms with Gasteiger partial charge in [-0.05, 0) is 37.6 Å². The second-order valence-electron chi connectivity index (χ2n) is 6.82. The molecule has 0 spiro atoms. The number of aromatic nitrogens is 1. The van der Waals surface area contributed by atoms with Crippen LogP contribution >= 0.6 is 0 Å². The number of nitrogens with one attached hydrogen (secondary N) is 2. The van der Waals surface area contributed by atoms with Crippen LogP contribution < -0.4 is 14.8 Å². The number of ether oxygens (including phenoxy) is 2. The molecule has 2 amide bonds. The molecule has 7 nitrogen and oxygen atoms in total. The second kappa shape index (κ2) is 9.35. The predicted octanol–water partition coefficient (Wildman–Crippen LogP) is 3.85. The Balaban J connectivity index is 1.90. The number of hydrogen-bond acceptors (Lipinski definition) is 4. The number of anilines is 1. The van der Waals surface area contributed by atoms with Crippen molar-refractivity contribution in [1.29, 1.82) is 0 Å². The lowest BCUT2D eigenvalue weighted by atomic mass is 10.1. The highest BCUT2D eigenvalue weighted by Gasteiger charge is 2.20. The number of methoxy groups -OCH3 is 2. The fraction of sp³-hybridized carbons (Fsp3) is 0.304. The van der Waals surface area contributed by atoms with E-state index in [2.05, 4.69) is 10.3 Å². The third-order valence-electron chi connectivity index (χ3n) is 5.08. The van der Waals surface area contributed by atoms with Crippen LogP contribution in [0.2, 0.25) is 0 Å². The maximum atomic E-state index is 12.8. The minimum Gasteiger partial charge on any atom is -0.493 e. The number of amides is 2. The monoisotopic (exact) mass is 409 g/mol. The molecule has 0 aliphatic carbocycles. The van der Waals surface area contributed by atoms with Crippen LogP contribution in [0.1, 0.15) is 29.8 Å². The van der Waals surface area contributed by atoms with Gasteiger partial charge in [-0.25, -0.2) is 0 Å². The van der Waals surface area contributed by atoms with Crippen molar-refractivity contribution >= 4 is 28.4 Å². The van der Waals surface area contributed by atoms with Crippen LogP contribution in [0.15, 0.2) is 42.6 Å². The second-order valence-corrected chi connectivity index (χ2v) is 6.82. The number of para-hydroxylation sites is 1. The van der Waals surface area contributed by atoms with E-state index in [1.807, 2.05) is 44.3 Å². The number of H-pyrrole nitrogens is 1. The molecule has 0 aliphatic rings. The number of rotatable bonds is 8. The van der Waals surface area contributed by atoms with E-state index in [0.717, 1.165) is 16.5 Å². The minimum absolute atomic E-state index is 0.131.